The summed E-state index contributed by atoms with van der Waals surface area (Å²) in [6, 6.07) is 4.29. The van der Waals surface area contributed by atoms with Crippen LogP contribution in [0, 0.1) is 0 Å². The quantitative estimate of drug-likeness (QED) is 0.799. The molecule has 1 aliphatic rings. The van der Waals surface area contributed by atoms with Gasteiger partial charge in [-0.15, -0.1) is 11.6 Å². The van der Waals surface area contributed by atoms with E-state index in [1.165, 1.54) is 0 Å². The number of imidazole rings is 1. The van der Waals surface area contributed by atoms with Crippen molar-refractivity contribution in [3.05, 3.63) is 24.2 Å². The van der Waals surface area contributed by atoms with Crippen molar-refractivity contribution >= 4 is 22.8 Å². The zero-order chi connectivity index (χ0) is 14.9. The lowest BCUT2D eigenvalue weighted by Crippen LogP contribution is -2.39. The molecule has 4 nitrogen and oxygen atoms in total. The first kappa shape index (κ1) is 14.8. The lowest BCUT2D eigenvalue weighted by atomic mass is 9.85. The molecular formula is C16H22ClN3O. The van der Waals surface area contributed by atoms with Crippen LogP contribution in [0.3, 0.4) is 0 Å². The third-order valence-corrected chi connectivity index (χ3v) is 5.00. The van der Waals surface area contributed by atoms with E-state index in [0.29, 0.717) is 11.9 Å². The number of rotatable bonds is 4. The van der Waals surface area contributed by atoms with Crippen molar-refractivity contribution in [1.29, 1.82) is 0 Å². The molecule has 2 aromatic heterocycles. The number of alkyl halides is 1. The minimum Gasteiger partial charge on any atom is -0.375 e. The third kappa shape index (κ3) is 2.55. The molecule has 0 spiro atoms. The molecule has 3 rings (SSSR count). The Morgan fingerprint density at radius 2 is 2.24 bits per heavy atom. The number of nitrogens with zero attached hydrogens (tertiary/aromatic N) is 3. The SMILES string of the molecule is CCC1(CC)CC(n2c(CCl)nc3cccnc32)CCO1. The van der Waals surface area contributed by atoms with Crippen LogP contribution in [0.1, 0.15) is 51.4 Å². The van der Waals surface area contributed by atoms with E-state index in [-0.39, 0.29) is 5.60 Å². The summed E-state index contributed by atoms with van der Waals surface area (Å²) in [6.45, 7) is 5.21. The molecule has 1 fully saturated rings. The van der Waals surface area contributed by atoms with Crippen LogP contribution in [-0.2, 0) is 10.6 Å². The minimum atomic E-state index is -0.0160. The van der Waals surface area contributed by atoms with Crippen molar-refractivity contribution in [2.75, 3.05) is 6.61 Å². The smallest absolute Gasteiger partial charge is 0.160 e. The maximum absolute atomic E-state index is 6.12. The second-order valence-corrected chi connectivity index (χ2v) is 6.03. The maximum atomic E-state index is 6.12. The molecule has 1 atom stereocenters. The second kappa shape index (κ2) is 5.93. The van der Waals surface area contributed by atoms with Crippen LogP contribution in [0.5, 0.6) is 0 Å². The van der Waals surface area contributed by atoms with E-state index in [2.05, 4.69) is 28.4 Å². The number of pyridine rings is 1. The molecule has 5 heteroatoms. The van der Waals surface area contributed by atoms with Crippen LogP contribution in [0.4, 0.5) is 0 Å². The highest BCUT2D eigenvalue weighted by molar-refractivity contribution is 6.16. The average Bonchev–Trinajstić information content (AvgIpc) is 2.93. The summed E-state index contributed by atoms with van der Waals surface area (Å²) in [5, 5.41) is 0. The van der Waals surface area contributed by atoms with Gasteiger partial charge in [-0.25, -0.2) is 9.97 Å². The van der Waals surface area contributed by atoms with Crippen LogP contribution in [0.2, 0.25) is 0 Å². The molecule has 0 radical (unpaired) electrons. The van der Waals surface area contributed by atoms with E-state index in [1.54, 1.807) is 0 Å². The van der Waals surface area contributed by atoms with E-state index >= 15 is 0 Å². The Morgan fingerprint density at radius 3 is 2.95 bits per heavy atom. The van der Waals surface area contributed by atoms with E-state index in [9.17, 15) is 0 Å². The van der Waals surface area contributed by atoms with Crippen molar-refractivity contribution in [3.8, 4) is 0 Å². The minimum absolute atomic E-state index is 0.0160. The normalized spacial score (nSPS) is 21.8. The van der Waals surface area contributed by atoms with Gasteiger partial charge < -0.3 is 9.30 Å². The van der Waals surface area contributed by atoms with Gasteiger partial charge in [0.25, 0.3) is 0 Å². The van der Waals surface area contributed by atoms with E-state index < -0.39 is 0 Å². The maximum Gasteiger partial charge on any atom is 0.160 e. The highest BCUT2D eigenvalue weighted by Crippen LogP contribution is 2.38. The first-order chi connectivity index (χ1) is 10.2. The molecule has 1 unspecified atom stereocenters. The standard InChI is InChI=1S/C16H22ClN3O/c1-3-16(4-2)10-12(7-9-21-16)20-14(11-17)19-13-6-5-8-18-15(13)20/h5-6,8,12H,3-4,7,9-11H2,1-2H3. The molecule has 0 bridgehead atoms. The van der Waals surface area contributed by atoms with E-state index in [0.717, 1.165) is 49.3 Å². The molecule has 3 heterocycles. The number of halogens is 1. The lowest BCUT2D eigenvalue weighted by Gasteiger charge is -2.40. The fraction of sp³-hybridized carbons (Fsp3) is 0.625. The molecule has 0 saturated carbocycles. The Hall–Kier alpha value is -1.13. The van der Waals surface area contributed by atoms with Crippen molar-refractivity contribution in [1.82, 2.24) is 14.5 Å². The van der Waals surface area contributed by atoms with Gasteiger partial charge in [-0.2, -0.15) is 0 Å². The monoisotopic (exact) mass is 307 g/mol. The van der Waals surface area contributed by atoms with Crippen LogP contribution < -0.4 is 0 Å². The Balaban J connectivity index is 2.03. The van der Waals surface area contributed by atoms with Gasteiger partial charge in [0.15, 0.2) is 5.65 Å². The van der Waals surface area contributed by atoms with Gasteiger partial charge in [-0.05, 0) is 37.8 Å². The summed E-state index contributed by atoms with van der Waals surface area (Å²) < 4.78 is 8.33. The predicted octanol–water partition coefficient (Wildman–Crippen LogP) is 4.08. The number of aromatic nitrogens is 3. The van der Waals surface area contributed by atoms with Crippen molar-refractivity contribution in [3.63, 3.8) is 0 Å². The van der Waals surface area contributed by atoms with E-state index in [4.69, 9.17) is 16.3 Å². The van der Waals surface area contributed by atoms with Gasteiger partial charge in [0.2, 0.25) is 0 Å². The molecular weight excluding hydrogens is 286 g/mol. The summed E-state index contributed by atoms with van der Waals surface area (Å²) in [5.41, 5.74) is 1.86. The summed E-state index contributed by atoms with van der Waals surface area (Å²) in [6.07, 6.45) is 5.90. The molecule has 114 valence electrons. The number of fused-ring (bicyclic) bond motifs is 1. The van der Waals surface area contributed by atoms with E-state index in [1.807, 2.05) is 18.3 Å². The Labute approximate surface area is 130 Å². The topological polar surface area (TPSA) is 39.9 Å². The fourth-order valence-electron chi connectivity index (χ4n) is 3.42. The van der Waals surface area contributed by atoms with Gasteiger partial charge in [0, 0.05) is 18.8 Å². The number of ether oxygens (including phenoxy) is 1. The Morgan fingerprint density at radius 1 is 1.43 bits per heavy atom. The van der Waals surface area contributed by atoms with Gasteiger partial charge in [-0.3, -0.25) is 0 Å². The first-order valence-electron chi connectivity index (χ1n) is 7.74. The van der Waals surface area contributed by atoms with Crippen LogP contribution in [-0.4, -0.2) is 26.7 Å². The number of hydrogen-bond donors (Lipinski definition) is 0. The predicted molar refractivity (Wildman–Crippen MR) is 84.6 cm³/mol. The Bertz CT molecular complexity index is 621. The molecule has 2 aromatic rings. The van der Waals surface area contributed by atoms with Crippen LogP contribution in [0.15, 0.2) is 18.3 Å². The van der Waals surface area contributed by atoms with Gasteiger partial charge in [-0.1, -0.05) is 13.8 Å². The first-order valence-corrected chi connectivity index (χ1v) is 8.28. The van der Waals surface area contributed by atoms with Crippen molar-refractivity contribution in [2.24, 2.45) is 0 Å². The zero-order valence-corrected chi connectivity index (χ0v) is 13.4. The molecule has 1 aliphatic heterocycles. The summed E-state index contributed by atoms with van der Waals surface area (Å²) >= 11 is 6.12. The second-order valence-electron chi connectivity index (χ2n) is 5.76. The molecule has 0 amide bonds. The van der Waals surface area contributed by atoms with Crippen molar-refractivity contribution < 1.29 is 4.74 Å². The molecule has 1 saturated heterocycles. The highest BCUT2D eigenvalue weighted by Gasteiger charge is 2.36. The molecule has 0 aliphatic carbocycles. The molecule has 0 aromatic carbocycles. The summed E-state index contributed by atoms with van der Waals surface area (Å²) in [5.74, 6) is 1.33. The third-order valence-electron chi connectivity index (χ3n) is 4.76. The lowest BCUT2D eigenvalue weighted by molar-refractivity contribution is -0.0985. The van der Waals surface area contributed by atoms with Gasteiger partial charge in [0.1, 0.15) is 11.3 Å². The molecule has 0 N–H and O–H groups in total. The Kier molecular flexibility index (Phi) is 4.18. The zero-order valence-electron chi connectivity index (χ0n) is 12.7. The molecule has 21 heavy (non-hydrogen) atoms. The fourth-order valence-corrected chi connectivity index (χ4v) is 3.61. The van der Waals surface area contributed by atoms with Gasteiger partial charge >= 0.3 is 0 Å². The average molecular weight is 308 g/mol. The highest BCUT2D eigenvalue weighted by atomic mass is 35.5. The van der Waals surface area contributed by atoms with Crippen LogP contribution in [0.25, 0.3) is 11.2 Å². The number of hydrogen-bond acceptors (Lipinski definition) is 3. The van der Waals surface area contributed by atoms with Gasteiger partial charge in [0.05, 0.1) is 11.5 Å². The van der Waals surface area contributed by atoms with Crippen LogP contribution >= 0.6 is 11.6 Å². The largest absolute Gasteiger partial charge is 0.375 e. The van der Waals surface area contributed by atoms with Crippen molar-refractivity contribution in [2.45, 2.75) is 57.1 Å². The summed E-state index contributed by atoms with van der Waals surface area (Å²) in [7, 11) is 0. The summed E-state index contributed by atoms with van der Waals surface area (Å²) in [4.78, 5) is 9.16.